The maximum Gasteiger partial charge on any atom is 0.250 e. The monoisotopic (exact) mass is 445 g/mol. The summed E-state index contributed by atoms with van der Waals surface area (Å²) >= 11 is 0. The number of nitrogens with zero attached hydrogens (tertiary/aromatic N) is 5. The normalized spacial score (nSPS) is 22.9. The summed E-state index contributed by atoms with van der Waals surface area (Å²) < 4.78 is 8.30. The van der Waals surface area contributed by atoms with Crippen molar-refractivity contribution in [3.8, 4) is 23.1 Å². The van der Waals surface area contributed by atoms with Crippen molar-refractivity contribution in [2.75, 3.05) is 0 Å². The predicted molar refractivity (Wildman–Crippen MR) is 127 cm³/mol. The smallest absolute Gasteiger partial charge is 0.250 e. The molecule has 3 aromatic rings. The number of aromatic nitrogens is 4. The van der Waals surface area contributed by atoms with Crippen molar-refractivity contribution in [3.05, 3.63) is 42.1 Å². The van der Waals surface area contributed by atoms with E-state index in [4.69, 9.17) is 14.4 Å². The molecule has 3 aromatic heterocycles. The first-order chi connectivity index (χ1) is 15.1. The highest BCUT2D eigenvalue weighted by Crippen LogP contribution is 2.51. The first-order valence-electron chi connectivity index (χ1n) is 11.6. The molecule has 7 heteroatoms. The van der Waals surface area contributed by atoms with Crippen LogP contribution in [0.3, 0.4) is 0 Å². The van der Waals surface area contributed by atoms with Gasteiger partial charge in [-0.15, -0.1) is 0 Å². The summed E-state index contributed by atoms with van der Waals surface area (Å²) in [7, 11) is -2.03. The van der Waals surface area contributed by atoms with Crippen LogP contribution in [0, 0.1) is 23.2 Å². The van der Waals surface area contributed by atoms with Crippen LogP contribution in [0.4, 0.5) is 0 Å². The number of rotatable bonds is 4. The summed E-state index contributed by atoms with van der Waals surface area (Å²) in [5, 5.41) is 14.1. The van der Waals surface area contributed by atoms with Crippen LogP contribution >= 0.6 is 0 Å². The number of hydrogen-bond donors (Lipinski definition) is 0. The molecule has 6 rings (SSSR count). The molecule has 166 valence electrons. The van der Waals surface area contributed by atoms with E-state index in [1.165, 1.54) is 25.7 Å². The van der Waals surface area contributed by atoms with Gasteiger partial charge in [-0.2, -0.15) is 10.4 Å². The van der Waals surface area contributed by atoms with E-state index >= 15 is 0 Å². The van der Waals surface area contributed by atoms with Gasteiger partial charge in [0.05, 0.1) is 41.1 Å². The molecule has 0 aliphatic heterocycles. The van der Waals surface area contributed by atoms with E-state index in [0.717, 1.165) is 40.1 Å². The Morgan fingerprint density at radius 3 is 2.38 bits per heavy atom. The lowest BCUT2D eigenvalue weighted by atomic mass is 9.61. The highest BCUT2D eigenvalue weighted by Gasteiger charge is 2.40. The van der Waals surface area contributed by atoms with E-state index in [2.05, 4.69) is 45.0 Å². The zero-order valence-electron chi connectivity index (χ0n) is 19.6. The second kappa shape index (κ2) is 7.41. The Hall–Kier alpha value is -2.72. The first kappa shape index (κ1) is 21.1. The lowest BCUT2D eigenvalue weighted by molar-refractivity contribution is 0.0951. The van der Waals surface area contributed by atoms with Crippen LogP contribution in [0.2, 0.25) is 18.1 Å². The van der Waals surface area contributed by atoms with E-state index in [-0.39, 0.29) is 5.04 Å². The Bertz CT molecular complexity index is 1190. The molecule has 3 saturated carbocycles. The van der Waals surface area contributed by atoms with E-state index < -0.39 is 8.32 Å². The van der Waals surface area contributed by atoms with Gasteiger partial charge in [0, 0.05) is 17.7 Å². The molecule has 3 aliphatic rings. The quantitative estimate of drug-likeness (QED) is 0.464. The van der Waals surface area contributed by atoms with Gasteiger partial charge >= 0.3 is 0 Å². The standard InChI is InChI=1S/C25H31N5OSi/c1-25(2,3)32(4,5)31-20-10-21(24-19(11-26)12-29-30(24)15-20)23-14-27-22(13-28-23)18-8-16-6-17(7-16)9-18/h10,12-18H,6-9H2,1-5H3. The van der Waals surface area contributed by atoms with Crippen molar-refractivity contribution in [2.24, 2.45) is 11.8 Å². The molecule has 0 aromatic carbocycles. The largest absolute Gasteiger partial charge is 0.542 e. The van der Waals surface area contributed by atoms with Crippen LogP contribution in [0.1, 0.15) is 63.6 Å². The minimum absolute atomic E-state index is 0.0756. The van der Waals surface area contributed by atoms with Crippen molar-refractivity contribution in [2.45, 2.75) is 70.5 Å². The molecular weight excluding hydrogens is 414 g/mol. The highest BCUT2D eigenvalue weighted by molar-refractivity contribution is 6.74. The molecule has 3 heterocycles. The molecule has 6 nitrogen and oxygen atoms in total. The number of pyridine rings is 1. The first-order valence-corrected chi connectivity index (χ1v) is 14.5. The average molecular weight is 446 g/mol. The summed E-state index contributed by atoms with van der Waals surface area (Å²) in [6.45, 7) is 11.1. The van der Waals surface area contributed by atoms with Crippen molar-refractivity contribution < 1.29 is 4.43 Å². The highest BCUT2D eigenvalue weighted by atomic mass is 28.4. The van der Waals surface area contributed by atoms with Crippen molar-refractivity contribution in [3.63, 3.8) is 0 Å². The Labute approximate surface area is 190 Å². The van der Waals surface area contributed by atoms with E-state index in [1.54, 1.807) is 10.7 Å². The Morgan fingerprint density at radius 1 is 1.06 bits per heavy atom. The lowest BCUT2D eigenvalue weighted by Gasteiger charge is -2.45. The van der Waals surface area contributed by atoms with Crippen molar-refractivity contribution in [1.82, 2.24) is 19.6 Å². The molecule has 0 radical (unpaired) electrons. The molecule has 2 bridgehead atoms. The third-order valence-electron chi connectivity index (χ3n) is 7.82. The summed E-state index contributed by atoms with van der Waals surface area (Å²) in [4.78, 5) is 9.61. The van der Waals surface area contributed by atoms with Crippen molar-refractivity contribution in [1.29, 1.82) is 5.26 Å². The fraction of sp³-hybridized carbons (Fsp3) is 0.520. The predicted octanol–water partition coefficient (Wildman–Crippen LogP) is 5.95. The summed E-state index contributed by atoms with van der Waals surface area (Å²) in [6.07, 6.45) is 12.6. The molecule has 0 saturated heterocycles. The maximum absolute atomic E-state index is 9.64. The molecule has 3 fully saturated rings. The van der Waals surface area contributed by atoms with Crippen LogP contribution in [-0.2, 0) is 0 Å². The third-order valence-corrected chi connectivity index (χ3v) is 12.2. The van der Waals surface area contributed by atoms with Gasteiger partial charge in [-0.1, -0.05) is 20.8 Å². The molecule has 0 N–H and O–H groups in total. The zero-order valence-corrected chi connectivity index (χ0v) is 20.6. The third kappa shape index (κ3) is 3.61. The summed E-state index contributed by atoms with van der Waals surface area (Å²) in [6, 6.07) is 4.26. The topological polar surface area (TPSA) is 76.1 Å². The van der Waals surface area contributed by atoms with E-state index in [1.807, 2.05) is 24.7 Å². The minimum Gasteiger partial charge on any atom is -0.542 e. The molecule has 0 amide bonds. The SMILES string of the molecule is CC(C)(C)[Si](C)(C)Oc1cc(-c2cnc(C3CC4CC(C4)C3)cn2)c2c(C#N)cnn2c1. The van der Waals surface area contributed by atoms with Gasteiger partial charge in [-0.05, 0) is 61.7 Å². The summed E-state index contributed by atoms with van der Waals surface area (Å²) in [5.41, 5.74) is 3.95. The maximum atomic E-state index is 9.64. The Kier molecular flexibility index (Phi) is 4.90. The van der Waals surface area contributed by atoms with E-state index in [9.17, 15) is 5.26 Å². The molecular formula is C25H31N5OSi. The van der Waals surface area contributed by atoms with E-state index in [0.29, 0.717) is 11.5 Å². The number of nitriles is 1. The van der Waals surface area contributed by atoms with Gasteiger partial charge in [0.1, 0.15) is 11.8 Å². The number of hydrogen-bond acceptors (Lipinski definition) is 5. The van der Waals surface area contributed by atoms with Crippen LogP contribution in [0.5, 0.6) is 5.75 Å². The van der Waals surface area contributed by atoms with Gasteiger partial charge in [-0.25, -0.2) is 4.52 Å². The van der Waals surface area contributed by atoms with Crippen molar-refractivity contribution >= 4 is 13.8 Å². The lowest BCUT2D eigenvalue weighted by Crippen LogP contribution is -2.43. The molecule has 32 heavy (non-hydrogen) atoms. The molecule has 0 spiro atoms. The van der Waals surface area contributed by atoms with Gasteiger partial charge < -0.3 is 4.43 Å². The van der Waals surface area contributed by atoms with Gasteiger partial charge in [0.15, 0.2) is 0 Å². The fourth-order valence-corrected chi connectivity index (χ4v) is 5.97. The van der Waals surface area contributed by atoms with Crippen LogP contribution < -0.4 is 4.43 Å². The van der Waals surface area contributed by atoms with Crippen LogP contribution in [-0.4, -0.2) is 27.9 Å². The minimum atomic E-state index is -2.03. The molecule has 0 unspecified atom stereocenters. The fourth-order valence-electron chi connectivity index (χ4n) is 4.97. The zero-order chi connectivity index (χ0) is 22.7. The van der Waals surface area contributed by atoms with Gasteiger partial charge in [-0.3, -0.25) is 9.97 Å². The Morgan fingerprint density at radius 2 is 1.78 bits per heavy atom. The van der Waals surface area contributed by atoms with Gasteiger partial charge in [0.25, 0.3) is 8.32 Å². The molecule has 3 aliphatic carbocycles. The van der Waals surface area contributed by atoms with Gasteiger partial charge in [0.2, 0.25) is 0 Å². The second-order valence-electron chi connectivity index (χ2n) is 11.1. The molecule has 0 atom stereocenters. The average Bonchev–Trinajstić information content (AvgIpc) is 3.15. The Balaban J connectivity index is 1.53. The summed E-state index contributed by atoms with van der Waals surface area (Å²) in [5.74, 6) is 3.06. The van der Waals surface area contributed by atoms with Crippen LogP contribution in [0.15, 0.2) is 30.9 Å². The second-order valence-corrected chi connectivity index (χ2v) is 15.8. The van der Waals surface area contributed by atoms with Crippen LogP contribution in [0.25, 0.3) is 16.8 Å². The number of fused-ring (bicyclic) bond motifs is 3.